The van der Waals surface area contributed by atoms with Crippen LogP contribution in [-0.4, -0.2) is 31.7 Å². The Hall–Kier alpha value is -3.88. The fraction of sp³-hybridized carbons (Fsp3) is 0.167. The quantitative estimate of drug-likeness (QED) is 0.211. The number of thiocarbonyl (C=S) groups is 1. The Labute approximate surface area is 230 Å². The molecule has 0 N–H and O–H groups in total. The van der Waals surface area contributed by atoms with Gasteiger partial charge in [-0.25, -0.2) is 4.68 Å². The maximum absolute atomic E-state index is 13.5. The number of fused-ring (bicyclic) bond motifs is 1. The van der Waals surface area contributed by atoms with Crippen LogP contribution in [0.2, 0.25) is 0 Å². The van der Waals surface area contributed by atoms with Gasteiger partial charge in [-0.05, 0) is 67.8 Å². The lowest BCUT2D eigenvalue weighted by atomic mass is 9.95. The van der Waals surface area contributed by atoms with E-state index in [1.165, 1.54) is 17.3 Å². The molecular formula is C30H25N3O3S2. The number of carbonyl (C=O) groups excluding carboxylic acids is 1. The van der Waals surface area contributed by atoms with Gasteiger partial charge in [0.15, 0.2) is 11.5 Å². The van der Waals surface area contributed by atoms with Crippen LogP contribution in [0.4, 0.5) is 0 Å². The van der Waals surface area contributed by atoms with Gasteiger partial charge in [0.25, 0.3) is 5.91 Å². The summed E-state index contributed by atoms with van der Waals surface area (Å²) in [6.45, 7) is 6.88. The van der Waals surface area contributed by atoms with Gasteiger partial charge in [0.05, 0.1) is 17.1 Å². The summed E-state index contributed by atoms with van der Waals surface area (Å²) >= 11 is 6.94. The zero-order chi connectivity index (χ0) is 26.4. The Balaban J connectivity index is 1.38. The van der Waals surface area contributed by atoms with Gasteiger partial charge in [0.2, 0.25) is 6.79 Å². The second-order valence-electron chi connectivity index (χ2n) is 9.44. The molecular weight excluding hydrogens is 514 g/mol. The minimum atomic E-state index is -0.117. The third-order valence-electron chi connectivity index (χ3n) is 6.61. The molecule has 6 rings (SSSR count). The van der Waals surface area contributed by atoms with Crippen LogP contribution in [0.3, 0.4) is 0 Å². The fourth-order valence-corrected chi connectivity index (χ4v) is 6.20. The largest absolute Gasteiger partial charge is 0.454 e. The first kappa shape index (κ1) is 24.5. The molecule has 0 atom stereocenters. The van der Waals surface area contributed by atoms with Crippen LogP contribution in [0.25, 0.3) is 23.0 Å². The first-order chi connectivity index (χ1) is 18.4. The van der Waals surface area contributed by atoms with Gasteiger partial charge >= 0.3 is 0 Å². The second-order valence-corrected chi connectivity index (χ2v) is 11.1. The van der Waals surface area contributed by atoms with Crippen molar-refractivity contribution in [3.63, 3.8) is 0 Å². The van der Waals surface area contributed by atoms with Gasteiger partial charge in [-0.1, -0.05) is 65.9 Å². The first-order valence-corrected chi connectivity index (χ1v) is 13.5. The lowest BCUT2D eigenvalue weighted by Gasteiger charge is -2.14. The van der Waals surface area contributed by atoms with E-state index in [-0.39, 0.29) is 12.7 Å². The van der Waals surface area contributed by atoms with Gasteiger partial charge in [0, 0.05) is 17.3 Å². The van der Waals surface area contributed by atoms with Crippen LogP contribution in [-0.2, 0) is 11.3 Å². The van der Waals surface area contributed by atoms with Crippen molar-refractivity contribution in [1.82, 2.24) is 14.7 Å². The van der Waals surface area contributed by atoms with Crippen LogP contribution in [0.5, 0.6) is 11.5 Å². The van der Waals surface area contributed by atoms with E-state index in [9.17, 15) is 4.79 Å². The van der Waals surface area contributed by atoms with E-state index in [0.29, 0.717) is 27.3 Å². The summed E-state index contributed by atoms with van der Waals surface area (Å²) in [6.07, 6.45) is 3.90. The predicted molar refractivity (Wildman–Crippen MR) is 154 cm³/mol. The van der Waals surface area contributed by atoms with E-state index < -0.39 is 0 Å². The van der Waals surface area contributed by atoms with E-state index >= 15 is 0 Å². The molecule has 2 aliphatic rings. The number of benzene rings is 3. The maximum Gasteiger partial charge on any atom is 0.266 e. The van der Waals surface area contributed by atoms with Crippen molar-refractivity contribution in [2.75, 3.05) is 6.79 Å². The highest BCUT2D eigenvalue weighted by Crippen LogP contribution is 2.38. The number of para-hydroxylation sites is 1. The smallest absolute Gasteiger partial charge is 0.266 e. The number of amides is 1. The summed E-state index contributed by atoms with van der Waals surface area (Å²) in [5, 5.41) is 4.99. The van der Waals surface area contributed by atoms with Crippen molar-refractivity contribution >= 4 is 40.3 Å². The number of ether oxygens (including phenoxy) is 2. The van der Waals surface area contributed by atoms with Crippen LogP contribution < -0.4 is 9.47 Å². The number of thioether (sulfide) groups is 1. The number of hydrogen-bond donors (Lipinski definition) is 0. The monoisotopic (exact) mass is 539 g/mol. The minimum Gasteiger partial charge on any atom is -0.454 e. The summed E-state index contributed by atoms with van der Waals surface area (Å²) in [7, 11) is 0. The van der Waals surface area contributed by atoms with Gasteiger partial charge in [0.1, 0.15) is 10.0 Å². The normalized spacial score (nSPS) is 15.7. The predicted octanol–water partition coefficient (Wildman–Crippen LogP) is 6.59. The summed E-state index contributed by atoms with van der Waals surface area (Å²) in [6, 6.07) is 20.0. The Kier molecular flexibility index (Phi) is 6.29. The molecule has 1 fully saturated rings. The Morgan fingerprint density at radius 2 is 1.74 bits per heavy atom. The SMILES string of the molecule is Cc1cc(C)c(-c2nn(-c3ccccc3)cc2C=C2SC(=S)N(Cc3ccc4c(c3)OCO4)C2=O)c(C)c1. The molecule has 1 amide bonds. The van der Waals surface area contributed by atoms with Crippen LogP contribution in [0.1, 0.15) is 27.8 Å². The Bertz CT molecular complexity index is 1600. The average Bonchev–Trinajstić information content (AvgIpc) is 3.59. The maximum atomic E-state index is 13.5. The standard InChI is InChI=1S/C30H25N3O3S2/c1-18-11-19(2)27(20(3)12-18)28-22(16-33(31-28)23-7-5-4-6-8-23)14-26-29(34)32(30(37)38-26)15-21-9-10-24-25(13-21)36-17-35-24/h4-14,16H,15,17H2,1-3H3. The number of aryl methyl sites for hydroxylation is 3. The van der Waals surface area contributed by atoms with Gasteiger partial charge in [-0.3, -0.25) is 9.69 Å². The molecule has 6 nitrogen and oxygen atoms in total. The van der Waals surface area contributed by atoms with Crippen molar-refractivity contribution in [2.45, 2.75) is 27.3 Å². The number of aromatic nitrogens is 2. The highest BCUT2D eigenvalue weighted by atomic mass is 32.2. The molecule has 0 saturated carbocycles. The molecule has 0 radical (unpaired) electrons. The molecule has 0 spiro atoms. The molecule has 190 valence electrons. The fourth-order valence-electron chi connectivity index (χ4n) is 4.95. The second kappa shape index (κ2) is 9.78. The van der Waals surface area contributed by atoms with Crippen LogP contribution in [0.15, 0.2) is 71.8 Å². The van der Waals surface area contributed by atoms with Crippen molar-refractivity contribution < 1.29 is 14.3 Å². The number of carbonyl (C=O) groups is 1. The van der Waals surface area contributed by atoms with E-state index in [2.05, 4.69) is 32.9 Å². The summed E-state index contributed by atoms with van der Waals surface area (Å²) in [5.74, 6) is 1.28. The molecule has 38 heavy (non-hydrogen) atoms. The highest BCUT2D eigenvalue weighted by Gasteiger charge is 2.33. The molecule has 3 aromatic carbocycles. The summed E-state index contributed by atoms with van der Waals surface area (Å²) < 4.78 is 13.3. The van der Waals surface area contributed by atoms with Crippen molar-refractivity contribution in [1.29, 1.82) is 0 Å². The lowest BCUT2D eigenvalue weighted by Crippen LogP contribution is -2.27. The molecule has 1 aromatic heterocycles. The molecule has 0 aliphatic carbocycles. The molecule has 0 unspecified atom stereocenters. The van der Waals surface area contributed by atoms with Crippen LogP contribution in [0, 0.1) is 20.8 Å². The molecule has 0 bridgehead atoms. The number of hydrogen-bond acceptors (Lipinski definition) is 6. The Morgan fingerprint density at radius 3 is 2.50 bits per heavy atom. The van der Waals surface area contributed by atoms with Gasteiger partial charge in [-0.15, -0.1) is 0 Å². The molecule has 3 heterocycles. The average molecular weight is 540 g/mol. The lowest BCUT2D eigenvalue weighted by molar-refractivity contribution is -0.122. The van der Waals surface area contributed by atoms with Crippen molar-refractivity contribution in [3.05, 3.63) is 99.6 Å². The Morgan fingerprint density at radius 1 is 1.00 bits per heavy atom. The highest BCUT2D eigenvalue weighted by molar-refractivity contribution is 8.26. The third kappa shape index (κ3) is 4.50. The van der Waals surface area contributed by atoms with E-state index in [4.69, 9.17) is 26.8 Å². The topological polar surface area (TPSA) is 56.6 Å². The van der Waals surface area contributed by atoms with E-state index in [1.54, 1.807) is 4.90 Å². The van der Waals surface area contributed by atoms with Crippen LogP contribution >= 0.6 is 24.0 Å². The van der Waals surface area contributed by atoms with Gasteiger partial charge < -0.3 is 9.47 Å². The minimum absolute atomic E-state index is 0.117. The number of rotatable bonds is 5. The molecule has 8 heteroatoms. The van der Waals surface area contributed by atoms with Gasteiger partial charge in [-0.2, -0.15) is 5.10 Å². The third-order valence-corrected chi connectivity index (χ3v) is 7.99. The van der Waals surface area contributed by atoms with E-state index in [1.807, 2.05) is 65.5 Å². The molecule has 4 aromatic rings. The summed E-state index contributed by atoms with van der Waals surface area (Å²) in [4.78, 5) is 15.7. The zero-order valence-corrected chi connectivity index (χ0v) is 22.9. The molecule has 2 aliphatic heterocycles. The van der Waals surface area contributed by atoms with E-state index in [0.717, 1.165) is 39.2 Å². The zero-order valence-electron chi connectivity index (χ0n) is 21.2. The number of nitrogens with zero attached hydrogens (tertiary/aromatic N) is 3. The molecule has 1 saturated heterocycles. The first-order valence-electron chi connectivity index (χ1n) is 12.2. The van der Waals surface area contributed by atoms with Crippen molar-refractivity contribution in [2.24, 2.45) is 0 Å². The summed E-state index contributed by atoms with van der Waals surface area (Å²) in [5.41, 5.74) is 8.15. The van der Waals surface area contributed by atoms with Crippen molar-refractivity contribution in [3.8, 4) is 28.4 Å².